The Morgan fingerprint density at radius 3 is 2.10 bits per heavy atom. The van der Waals surface area contributed by atoms with E-state index in [2.05, 4.69) is 48.7 Å². The van der Waals surface area contributed by atoms with Gasteiger partial charge in [-0.05, 0) is 43.4 Å². The van der Waals surface area contributed by atoms with Gasteiger partial charge in [0.2, 0.25) is 0 Å². The number of aromatic nitrogens is 1. The third-order valence-electron chi connectivity index (χ3n) is 8.18. The van der Waals surface area contributed by atoms with Gasteiger partial charge in [0.15, 0.2) is 0 Å². The van der Waals surface area contributed by atoms with Crippen LogP contribution in [0.15, 0.2) is 41.6 Å². The van der Waals surface area contributed by atoms with Crippen LogP contribution in [-0.4, -0.2) is 21.2 Å². The Morgan fingerprint density at radius 1 is 0.878 bits per heavy atom. The van der Waals surface area contributed by atoms with Crippen molar-refractivity contribution in [2.45, 2.75) is 124 Å². The standard InChI is InChI=1S/C34H49N3O4/c1-5-8-10-11-12-13-14-15-16-18-32(35-41-26(4)38)28-19-21-33-30(23-28)31-24-29(37(39)40)20-22-34(31)36(33)25-27(7-3)17-9-6-2/h19-24,27H,5-18,25H2,1-4H3/b35-32+. The van der Waals surface area contributed by atoms with Gasteiger partial charge in [-0.15, -0.1) is 0 Å². The highest BCUT2D eigenvalue weighted by atomic mass is 16.7. The highest BCUT2D eigenvalue weighted by molar-refractivity contribution is 6.12. The number of carbonyl (C=O) groups excluding carboxylic acids is 1. The van der Waals surface area contributed by atoms with Crippen LogP contribution < -0.4 is 0 Å². The number of nitrogens with zero attached hydrogens (tertiary/aromatic N) is 3. The second-order valence-electron chi connectivity index (χ2n) is 11.4. The van der Waals surface area contributed by atoms with Crippen molar-refractivity contribution >= 4 is 39.2 Å². The number of nitro benzene ring substituents is 1. The highest BCUT2D eigenvalue weighted by Crippen LogP contribution is 2.34. The number of rotatable bonds is 19. The summed E-state index contributed by atoms with van der Waals surface area (Å²) in [5.74, 6) is 0.0944. The molecule has 0 fully saturated rings. The van der Waals surface area contributed by atoms with Gasteiger partial charge < -0.3 is 9.40 Å². The first kappa shape index (κ1) is 32.3. The normalized spacial score (nSPS) is 12.7. The monoisotopic (exact) mass is 563 g/mol. The second-order valence-corrected chi connectivity index (χ2v) is 11.4. The van der Waals surface area contributed by atoms with Gasteiger partial charge in [0.1, 0.15) is 0 Å². The van der Waals surface area contributed by atoms with Crippen LogP contribution in [0.3, 0.4) is 0 Å². The third kappa shape index (κ3) is 9.40. The van der Waals surface area contributed by atoms with Gasteiger partial charge >= 0.3 is 5.97 Å². The molecule has 0 N–H and O–H groups in total. The number of fused-ring (bicyclic) bond motifs is 3. The molecule has 0 radical (unpaired) electrons. The van der Waals surface area contributed by atoms with Crippen LogP contribution in [-0.2, 0) is 16.2 Å². The lowest BCUT2D eigenvalue weighted by molar-refractivity contribution is -0.384. The molecule has 0 aliphatic carbocycles. The minimum atomic E-state index is -0.444. The fourth-order valence-electron chi connectivity index (χ4n) is 5.72. The molecular formula is C34H49N3O4. The second kappa shape index (κ2) is 16.9. The average molecular weight is 564 g/mol. The number of hydrogen-bond donors (Lipinski definition) is 0. The fraction of sp³-hybridized carbons (Fsp3) is 0.588. The molecule has 1 unspecified atom stereocenters. The predicted octanol–water partition coefficient (Wildman–Crippen LogP) is 10.1. The molecule has 7 nitrogen and oxygen atoms in total. The summed E-state index contributed by atoms with van der Waals surface area (Å²) in [6, 6.07) is 11.4. The summed E-state index contributed by atoms with van der Waals surface area (Å²) in [6.45, 7) is 8.93. The van der Waals surface area contributed by atoms with Gasteiger partial charge in [-0.2, -0.15) is 0 Å². The van der Waals surface area contributed by atoms with E-state index in [4.69, 9.17) is 4.84 Å². The third-order valence-corrected chi connectivity index (χ3v) is 8.18. The Labute approximate surface area is 245 Å². The zero-order chi connectivity index (χ0) is 29.6. The van der Waals surface area contributed by atoms with E-state index in [0.29, 0.717) is 12.3 Å². The molecule has 0 spiro atoms. The average Bonchev–Trinajstić information content (AvgIpc) is 3.27. The number of carbonyl (C=O) groups is 1. The van der Waals surface area contributed by atoms with Crippen molar-refractivity contribution in [3.8, 4) is 0 Å². The maximum atomic E-state index is 11.6. The van der Waals surface area contributed by atoms with Crippen LogP contribution >= 0.6 is 0 Å². The van der Waals surface area contributed by atoms with Crippen LogP contribution in [0.25, 0.3) is 21.8 Å². The molecule has 1 heterocycles. The smallest absolute Gasteiger partial charge is 0.331 e. The molecule has 0 aliphatic heterocycles. The highest BCUT2D eigenvalue weighted by Gasteiger charge is 2.19. The van der Waals surface area contributed by atoms with Gasteiger partial charge in [-0.3, -0.25) is 10.1 Å². The fourth-order valence-corrected chi connectivity index (χ4v) is 5.72. The lowest BCUT2D eigenvalue weighted by atomic mass is 9.99. The number of non-ortho nitro benzene ring substituents is 1. The molecule has 0 amide bonds. The Kier molecular flexibility index (Phi) is 13.3. The maximum Gasteiger partial charge on any atom is 0.331 e. The first-order valence-corrected chi connectivity index (χ1v) is 15.8. The van der Waals surface area contributed by atoms with Gasteiger partial charge in [-0.25, -0.2) is 4.79 Å². The molecule has 3 aromatic rings. The van der Waals surface area contributed by atoms with Gasteiger partial charge in [-0.1, -0.05) is 103 Å². The lowest BCUT2D eigenvalue weighted by Crippen LogP contribution is -2.10. The van der Waals surface area contributed by atoms with Crippen molar-refractivity contribution < 1.29 is 14.6 Å². The number of nitro groups is 1. The lowest BCUT2D eigenvalue weighted by Gasteiger charge is -2.17. The van der Waals surface area contributed by atoms with Gasteiger partial charge in [0, 0.05) is 53.0 Å². The summed E-state index contributed by atoms with van der Waals surface area (Å²) < 4.78 is 2.32. The van der Waals surface area contributed by atoms with Crippen LogP contribution in [0.2, 0.25) is 0 Å². The minimum Gasteiger partial charge on any atom is -0.340 e. The molecule has 1 aromatic heterocycles. The largest absolute Gasteiger partial charge is 0.340 e. The van der Waals surface area contributed by atoms with E-state index in [1.165, 1.54) is 64.7 Å². The Hall–Kier alpha value is -3.22. The van der Waals surface area contributed by atoms with Crippen LogP contribution in [0, 0.1) is 16.0 Å². The Bertz CT molecular complexity index is 1310. The van der Waals surface area contributed by atoms with E-state index in [9.17, 15) is 14.9 Å². The number of unbranched alkanes of at least 4 members (excludes halogenated alkanes) is 9. The zero-order valence-corrected chi connectivity index (χ0v) is 25.6. The Balaban J connectivity index is 1.90. The summed E-state index contributed by atoms with van der Waals surface area (Å²) in [5.41, 5.74) is 3.79. The van der Waals surface area contributed by atoms with E-state index in [1.54, 1.807) is 12.1 Å². The molecule has 3 rings (SSSR count). The SMILES string of the molecule is CCCCCCCCCCC/C(=N\OC(C)=O)c1ccc2c(c1)c1cc([N+](=O)[O-])ccc1n2CC(CC)CCCC. The molecule has 0 saturated carbocycles. The Morgan fingerprint density at radius 2 is 1.49 bits per heavy atom. The molecule has 224 valence electrons. The summed E-state index contributed by atoms with van der Waals surface area (Å²) in [6.07, 6.45) is 16.4. The summed E-state index contributed by atoms with van der Waals surface area (Å²) >= 11 is 0. The topological polar surface area (TPSA) is 86.7 Å². The molecule has 0 bridgehead atoms. The summed E-state index contributed by atoms with van der Waals surface area (Å²) in [5, 5.41) is 17.7. The van der Waals surface area contributed by atoms with Crippen molar-refractivity contribution in [2.75, 3.05) is 0 Å². The van der Waals surface area contributed by atoms with Gasteiger partial charge in [0.05, 0.1) is 10.6 Å². The van der Waals surface area contributed by atoms with E-state index < -0.39 is 5.97 Å². The number of oxime groups is 1. The summed E-state index contributed by atoms with van der Waals surface area (Å²) in [7, 11) is 0. The van der Waals surface area contributed by atoms with Crippen molar-refractivity contribution in [1.82, 2.24) is 4.57 Å². The van der Waals surface area contributed by atoms with Gasteiger partial charge in [0.25, 0.3) is 5.69 Å². The molecule has 0 saturated heterocycles. The molecule has 1 atom stereocenters. The first-order valence-electron chi connectivity index (χ1n) is 15.8. The predicted molar refractivity (Wildman–Crippen MR) is 170 cm³/mol. The van der Waals surface area contributed by atoms with Crippen molar-refractivity contribution in [3.05, 3.63) is 52.1 Å². The van der Waals surface area contributed by atoms with Crippen molar-refractivity contribution in [1.29, 1.82) is 0 Å². The number of hydrogen-bond acceptors (Lipinski definition) is 5. The molecule has 0 aliphatic rings. The van der Waals surface area contributed by atoms with Crippen LogP contribution in [0.4, 0.5) is 5.69 Å². The first-order chi connectivity index (χ1) is 19.9. The molecule has 41 heavy (non-hydrogen) atoms. The van der Waals surface area contributed by atoms with E-state index in [-0.39, 0.29) is 10.6 Å². The van der Waals surface area contributed by atoms with Crippen molar-refractivity contribution in [3.63, 3.8) is 0 Å². The zero-order valence-electron chi connectivity index (χ0n) is 25.6. The summed E-state index contributed by atoms with van der Waals surface area (Å²) in [4.78, 5) is 28.0. The minimum absolute atomic E-state index is 0.0866. The molecule has 2 aromatic carbocycles. The van der Waals surface area contributed by atoms with Crippen LogP contribution in [0.5, 0.6) is 0 Å². The van der Waals surface area contributed by atoms with E-state index in [1.807, 2.05) is 6.07 Å². The van der Waals surface area contributed by atoms with Crippen molar-refractivity contribution in [2.24, 2.45) is 11.1 Å². The number of benzene rings is 2. The molecule has 7 heteroatoms. The van der Waals surface area contributed by atoms with E-state index in [0.717, 1.165) is 65.3 Å². The maximum absolute atomic E-state index is 11.6. The quantitative estimate of drug-likeness (QED) is 0.0477. The van der Waals surface area contributed by atoms with E-state index >= 15 is 0 Å². The van der Waals surface area contributed by atoms with Crippen LogP contribution in [0.1, 0.15) is 123 Å². The molecular weight excluding hydrogens is 514 g/mol.